The van der Waals surface area contributed by atoms with E-state index in [1.807, 2.05) is 0 Å². The number of hydrogen-bond donors (Lipinski definition) is 0. The lowest BCUT2D eigenvalue weighted by Crippen LogP contribution is -2.42. The van der Waals surface area contributed by atoms with Crippen LogP contribution in [-0.2, 0) is 17.8 Å². The van der Waals surface area contributed by atoms with E-state index in [1.54, 1.807) is 16.7 Å². The summed E-state index contributed by atoms with van der Waals surface area (Å²) in [6, 6.07) is 11.4. The van der Waals surface area contributed by atoms with Crippen molar-refractivity contribution in [2.75, 3.05) is 6.61 Å². The lowest BCUT2D eigenvalue weighted by Gasteiger charge is -2.15. The highest BCUT2D eigenvalue weighted by molar-refractivity contribution is 5.72. The molecule has 0 aliphatic carbocycles. The lowest BCUT2D eigenvalue weighted by molar-refractivity contribution is 0.0950. The maximum Gasteiger partial charge on any atom is 0.337 e. The molecule has 1 fully saturated rings. The van der Waals surface area contributed by atoms with E-state index >= 15 is 0 Å². The minimum absolute atomic E-state index is 0.122. The largest absolute Gasteiger partial charge is 0.376 e. The van der Waals surface area contributed by atoms with Crippen molar-refractivity contribution in [3.63, 3.8) is 0 Å². The van der Waals surface area contributed by atoms with Crippen molar-refractivity contribution >= 4 is 11.2 Å². The van der Waals surface area contributed by atoms with Gasteiger partial charge in [0.25, 0.3) is 5.56 Å². The molecule has 2 aromatic carbocycles. The van der Waals surface area contributed by atoms with E-state index in [-0.39, 0.29) is 36.2 Å². The number of fused-ring (bicyclic) bond motifs is 1. The average Bonchev–Trinajstić information content (AvgIpc) is 3.44. The topological polar surface area (TPSA) is 71.0 Å². The molecular formula is C23H20F2N4O3. The number of aromatic nitrogens is 4. The molecule has 0 radical (unpaired) electrons. The third kappa shape index (κ3) is 3.64. The fourth-order valence-corrected chi connectivity index (χ4v) is 4.06. The fraction of sp³-hybridized carbons (Fsp3) is 0.261. The Bertz CT molecular complexity index is 1380. The van der Waals surface area contributed by atoms with Gasteiger partial charge in [0, 0.05) is 13.2 Å². The number of halogens is 2. The maximum atomic E-state index is 13.5. The molecule has 1 aliphatic rings. The van der Waals surface area contributed by atoms with Crippen LogP contribution in [0.25, 0.3) is 16.9 Å². The summed E-state index contributed by atoms with van der Waals surface area (Å²) in [7, 11) is 0. The van der Waals surface area contributed by atoms with Gasteiger partial charge in [-0.25, -0.2) is 23.1 Å². The van der Waals surface area contributed by atoms with E-state index < -0.39 is 17.1 Å². The van der Waals surface area contributed by atoms with Crippen LogP contribution in [0.2, 0.25) is 0 Å². The molecule has 1 saturated heterocycles. The minimum Gasteiger partial charge on any atom is -0.376 e. The molecule has 164 valence electrons. The third-order valence-electron chi connectivity index (χ3n) is 5.66. The summed E-state index contributed by atoms with van der Waals surface area (Å²) in [4.78, 5) is 31.1. The molecule has 1 unspecified atom stereocenters. The van der Waals surface area contributed by atoms with E-state index in [0.29, 0.717) is 12.3 Å². The molecule has 0 amide bonds. The van der Waals surface area contributed by atoms with Crippen molar-refractivity contribution in [3.8, 4) is 5.69 Å². The lowest BCUT2D eigenvalue weighted by atomic mass is 10.2. The van der Waals surface area contributed by atoms with E-state index in [1.165, 1.54) is 47.3 Å². The van der Waals surface area contributed by atoms with Gasteiger partial charge < -0.3 is 9.30 Å². The van der Waals surface area contributed by atoms with Crippen LogP contribution in [-0.4, -0.2) is 31.4 Å². The fourth-order valence-electron chi connectivity index (χ4n) is 4.06. The Hall–Kier alpha value is -3.59. The van der Waals surface area contributed by atoms with E-state index in [9.17, 15) is 18.4 Å². The zero-order chi connectivity index (χ0) is 22.2. The Balaban J connectivity index is 1.71. The summed E-state index contributed by atoms with van der Waals surface area (Å²) in [5.41, 5.74) is 0.550. The average molecular weight is 438 g/mol. The highest BCUT2D eigenvalue weighted by Crippen LogP contribution is 2.17. The van der Waals surface area contributed by atoms with E-state index in [4.69, 9.17) is 4.74 Å². The Labute approximate surface area is 181 Å². The Kier molecular flexibility index (Phi) is 5.18. The van der Waals surface area contributed by atoms with Crippen LogP contribution < -0.4 is 11.2 Å². The summed E-state index contributed by atoms with van der Waals surface area (Å²) in [6.07, 6.45) is 2.88. The zero-order valence-corrected chi connectivity index (χ0v) is 17.1. The minimum atomic E-state index is -0.559. The molecule has 0 N–H and O–H groups in total. The van der Waals surface area contributed by atoms with Crippen LogP contribution in [0.3, 0.4) is 0 Å². The van der Waals surface area contributed by atoms with Gasteiger partial charge >= 0.3 is 5.69 Å². The van der Waals surface area contributed by atoms with Crippen molar-refractivity contribution in [3.05, 3.63) is 92.9 Å². The molecule has 0 bridgehead atoms. The summed E-state index contributed by atoms with van der Waals surface area (Å²) in [5, 5.41) is 0. The van der Waals surface area contributed by atoms with Crippen molar-refractivity contribution in [1.82, 2.24) is 18.7 Å². The maximum absolute atomic E-state index is 13.5. The molecule has 4 aromatic rings. The molecule has 0 spiro atoms. The second-order valence-electron chi connectivity index (χ2n) is 7.82. The molecule has 3 heterocycles. The highest BCUT2D eigenvalue weighted by Gasteiger charge is 2.23. The number of imidazole rings is 1. The number of hydrogen-bond acceptors (Lipinski definition) is 4. The predicted molar refractivity (Wildman–Crippen MR) is 114 cm³/mol. The van der Waals surface area contributed by atoms with Gasteiger partial charge in [-0.15, -0.1) is 0 Å². The molecule has 0 saturated carbocycles. The van der Waals surface area contributed by atoms with Crippen LogP contribution in [0.1, 0.15) is 18.4 Å². The SMILES string of the molecule is O=c1c2c(ncn2Cc2ccc(F)cc2)n(-c2ccc(F)cc2)c(=O)n1CC1CCCO1. The van der Waals surface area contributed by atoms with Crippen LogP contribution in [0, 0.1) is 11.6 Å². The summed E-state index contributed by atoms with van der Waals surface area (Å²) < 4.78 is 36.5. The van der Waals surface area contributed by atoms with Gasteiger partial charge in [0.2, 0.25) is 0 Å². The van der Waals surface area contributed by atoms with Crippen LogP contribution in [0.15, 0.2) is 64.4 Å². The summed E-state index contributed by atoms with van der Waals surface area (Å²) >= 11 is 0. The summed E-state index contributed by atoms with van der Waals surface area (Å²) in [5.74, 6) is -0.791. The number of benzene rings is 2. The predicted octanol–water partition coefficient (Wildman–Crippen LogP) is 2.85. The Morgan fingerprint density at radius 3 is 2.34 bits per heavy atom. The Morgan fingerprint density at radius 1 is 1.00 bits per heavy atom. The van der Waals surface area contributed by atoms with Crippen molar-refractivity contribution in [2.45, 2.75) is 32.0 Å². The quantitative estimate of drug-likeness (QED) is 0.481. The van der Waals surface area contributed by atoms with Gasteiger partial charge in [0.15, 0.2) is 11.2 Å². The summed E-state index contributed by atoms with van der Waals surface area (Å²) in [6.45, 7) is 0.987. The molecule has 7 nitrogen and oxygen atoms in total. The van der Waals surface area contributed by atoms with Gasteiger partial charge in [-0.05, 0) is 54.8 Å². The standard InChI is InChI=1S/C23H20F2N4O3/c24-16-5-3-15(4-6-16)12-27-14-26-21-20(27)22(30)28(13-19-2-1-11-32-19)23(31)29(21)18-9-7-17(25)8-10-18/h3-10,14,19H,1-2,11-13H2. The van der Waals surface area contributed by atoms with Gasteiger partial charge in [-0.1, -0.05) is 12.1 Å². The van der Waals surface area contributed by atoms with Crippen LogP contribution in [0.5, 0.6) is 0 Å². The van der Waals surface area contributed by atoms with E-state index in [2.05, 4.69) is 4.98 Å². The van der Waals surface area contributed by atoms with Crippen LogP contribution >= 0.6 is 0 Å². The van der Waals surface area contributed by atoms with Gasteiger partial charge in [-0.3, -0.25) is 9.36 Å². The first-order valence-electron chi connectivity index (χ1n) is 10.3. The first-order valence-corrected chi connectivity index (χ1v) is 10.3. The van der Waals surface area contributed by atoms with Crippen molar-refractivity contribution in [2.24, 2.45) is 0 Å². The number of ether oxygens (including phenoxy) is 1. The van der Waals surface area contributed by atoms with Crippen molar-refractivity contribution < 1.29 is 13.5 Å². The molecule has 1 aliphatic heterocycles. The third-order valence-corrected chi connectivity index (χ3v) is 5.66. The normalized spacial score (nSPS) is 16.1. The molecule has 5 rings (SSSR count). The zero-order valence-electron chi connectivity index (χ0n) is 17.1. The Morgan fingerprint density at radius 2 is 1.69 bits per heavy atom. The van der Waals surface area contributed by atoms with Crippen molar-refractivity contribution in [1.29, 1.82) is 0 Å². The first kappa shape index (κ1) is 20.3. The van der Waals surface area contributed by atoms with Gasteiger partial charge in [0.05, 0.1) is 24.7 Å². The molecular weight excluding hydrogens is 418 g/mol. The molecule has 1 atom stereocenters. The monoisotopic (exact) mass is 438 g/mol. The molecule has 2 aromatic heterocycles. The van der Waals surface area contributed by atoms with E-state index in [0.717, 1.165) is 23.0 Å². The smallest absolute Gasteiger partial charge is 0.337 e. The second kappa shape index (κ2) is 8.16. The number of rotatable bonds is 5. The number of nitrogens with zero attached hydrogens (tertiary/aromatic N) is 4. The van der Waals surface area contributed by atoms with Crippen LogP contribution in [0.4, 0.5) is 8.78 Å². The van der Waals surface area contributed by atoms with Gasteiger partial charge in [-0.2, -0.15) is 0 Å². The van der Waals surface area contributed by atoms with Gasteiger partial charge in [0.1, 0.15) is 11.6 Å². The highest BCUT2D eigenvalue weighted by atomic mass is 19.1. The first-order chi connectivity index (χ1) is 15.5. The molecule has 32 heavy (non-hydrogen) atoms. The second-order valence-corrected chi connectivity index (χ2v) is 7.82. The molecule has 9 heteroatoms.